The fourth-order valence-corrected chi connectivity index (χ4v) is 4.73. The molecule has 0 unspecified atom stereocenters. The fourth-order valence-electron chi connectivity index (χ4n) is 2.68. The standard InChI is InChI=1S/C17H13ClFN3S2/c1-2-16-20-21-17(14-8-15-13(22(14)16)5-6-23-15)24-9-10-3-4-11(19)7-12(10)18/h3-8H,2,9H2,1H3. The van der Waals surface area contributed by atoms with Crippen LogP contribution in [0, 0.1) is 5.82 Å². The minimum atomic E-state index is -0.324. The second-order valence-electron chi connectivity index (χ2n) is 5.33. The predicted molar refractivity (Wildman–Crippen MR) is 98.7 cm³/mol. The first kappa shape index (κ1) is 15.9. The van der Waals surface area contributed by atoms with E-state index >= 15 is 0 Å². The summed E-state index contributed by atoms with van der Waals surface area (Å²) in [5.41, 5.74) is 3.12. The third-order valence-corrected chi connectivity index (χ3v) is 6.08. The summed E-state index contributed by atoms with van der Waals surface area (Å²) < 4.78 is 16.6. The van der Waals surface area contributed by atoms with E-state index < -0.39 is 0 Å². The maximum atomic E-state index is 13.2. The van der Waals surface area contributed by atoms with Gasteiger partial charge < -0.3 is 0 Å². The van der Waals surface area contributed by atoms with Crippen LogP contribution in [0.15, 0.2) is 40.7 Å². The van der Waals surface area contributed by atoms with Crippen molar-refractivity contribution in [1.29, 1.82) is 0 Å². The quantitative estimate of drug-likeness (QED) is 0.434. The zero-order valence-corrected chi connectivity index (χ0v) is 15.2. The van der Waals surface area contributed by atoms with Crippen molar-refractivity contribution in [1.82, 2.24) is 14.6 Å². The molecular formula is C17H13ClFN3S2. The van der Waals surface area contributed by atoms with Crippen molar-refractivity contribution in [2.75, 3.05) is 0 Å². The summed E-state index contributed by atoms with van der Waals surface area (Å²) >= 11 is 9.39. The van der Waals surface area contributed by atoms with Crippen LogP contribution in [0.1, 0.15) is 18.3 Å². The van der Waals surface area contributed by atoms with Crippen molar-refractivity contribution in [3.63, 3.8) is 0 Å². The summed E-state index contributed by atoms with van der Waals surface area (Å²) in [6, 6.07) is 8.75. The van der Waals surface area contributed by atoms with Crippen LogP contribution in [0.5, 0.6) is 0 Å². The second-order valence-corrected chi connectivity index (χ2v) is 7.65. The van der Waals surface area contributed by atoms with Crippen molar-refractivity contribution in [2.45, 2.75) is 24.1 Å². The number of thiophene rings is 1. The highest BCUT2D eigenvalue weighted by molar-refractivity contribution is 7.98. The lowest BCUT2D eigenvalue weighted by molar-refractivity contribution is 0.627. The topological polar surface area (TPSA) is 30.2 Å². The SMILES string of the molecule is CCc1nnc(SCc2ccc(F)cc2Cl)c2cc3sccc3n12. The molecule has 0 amide bonds. The highest BCUT2D eigenvalue weighted by Crippen LogP contribution is 2.33. The summed E-state index contributed by atoms with van der Waals surface area (Å²) in [6.07, 6.45) is 0.817. The van der Waals surface area contributed by atoms with Gasteiger partial charge in [0, 0.05) is 17.2 Å². The summed E-state index contributed by atoms with van der Waals surface area (Å²) in [5, 5.41) is 12.2. The van der Waals surface area contributed by atoms with Gasteiger partial charge in [0.25, 0.3) is 0 Å². The Morgan fingerprint density at radius 2 is 2.08 bits per heavy atom. The van der Waals surface area contributed by atoms with E-state index in [0.717, 1.165) is 28.4 Å². The Kier molecular flexibility index (Phi) is 4.20. The van der Waals surface area contributed by atoms with Crippen molar-refractivity contribution in [3.8, 4) is 0 Å². The maximum absolute atomic E-state index is 13.2. The lowest BCUT2D eigenvalue weighted by atomic mass is 10.2. The average Bonchev–Trinajstić information content (AvgIpc) is 3.15. The number of hydrogen-bond donors (Lipinski definition) is 0. The lowest BCUT2D eigenvalue weighted by Crippen LogP contribution is -2.03. The average molecular weight is 378 g/mol. The zero-order chi connectivity index (χ0) is 16.7. The molecule has 0 atom stereocenters. The zero-order valence-electron chi connectivity index (χ0n) is 12.8. The molecule has 0 aliphatic rings. The van der Waals surface area contributed by atoms with Crippen LogP contribution in [-0.2, 0) is 12.2 Å². The van der Waals surface area contributed by atoms with Crippen LogP contribution in [0.25, 0.3) is 15.7 Å². The third-order valence-electron chi connectivity index (χ3n) is 3.85. The molecule has 0 aliphatic carbocycles. The van der Waals surface area contributed by atoms with Gasteiger partial charge in [0.05, 0.1) is 15.7 Å². The van der Waals surface area contributed by atoms with E-state index in [0.29, 0.717) is 10.8 Å². The number of rotatable bonds is 4. The molecule has 3 heterocycles. The van der Waals surface area contributed by atoms with Gasteiger partial charge in [0.15, 0.2) is 0 Å². The van der Waals surface area contributed by atoms with Gasteiger partial charge in [0.1, 0.15) is 16.7 Å². The molecule has 4 rings (SSSR count). The monoisotopic (exact) mass is 377 g/mol. The van der Waals surface area contributed by atoms with Crippen LogP contribution < -0.4 is 0 Å². The first-order chi connectivity index (χ1) is 11.7. The molecule has 0 spiro atoms. The van der Waals surface area contributed by atoms with Crippen molar-refractivity contribution < 1.29 is 4.39 Å². The Morgan fingerprint density at radius 3 is 2.88 bits per heavy atom. The van der Waals surface area contributed by atoms with E-state index in [1.54, 1.807) is 29.2 Å². The molecule has 3 nitrogen and oxygen atoms in total. The number of nitrogens with zero attached hydrogens (tertiary/aromatic N) is 3. The van der Waals surface area contributed by atoms with Gasteiger partial charge in [-0.1, -0.05) is 36.4 Å². The van der Waals surface area contributed by atoms with Gasteiger partial charge in [-0.3, -0.25) is 4.40 Å². The molecule has 0 fully saturated rings. The number of aromatic nitrogens is 3. The molecule has 0 aliphatic heterocycles. The third kappa shape index (κ3) is 2.68. The molecule has 7 heteroatoms. The molecule has 1 aromatic carbocycles. The Labute approximate surface area is 151 Å². The van der Waals surface area contributed by atoms with Crippen molar-refractivity contribution in [3.05, 3.63) is 57.9 Å². The van der Waals surface area contributed by atoms with Gasteiger partial charge in [-0.05, 0) is 35.2 Å². The molecule has 24 heavy (non-hydrogen) atoms. The highest BCUT2D eigenvalue weighted by Gasteiger charge is 2.14. The van der Waals surface area contributed by atoms with Gasteiger partial charge in [-0.25, -0.2) is 4.39 Å². The number of aryl methyl sites for hydroxylation is 1. The highest BCUT2D eigenvalue weighted by atomic mass is 35.5. The molecule has 3 aromatic heterocycles. The molecule has 0 bridgehead atoms. The van der Waals surface area contributed by atoms with Crippen molar-refractivity contribution >= 4 is 50.4 Å². The number of hydrogen-bond acceptors (Lipinski definition) is 4. The van der Waals surface area contributed by atoms with E-state index in [2.05, 4.69) is 39.0 Å². The summed E-state index contributed by atoms with van der Waals surface area (Å²) in [6.45, 7) is 2.08. The molecule has 0 saturated carbocycles. The summed E-state index contributed by atoms with van der Waals surface area (Å²) in [4.78, 5) is 0. The van der Waals surface area contributed by atoms with Crippen molar-refractivity contribution in [2.24, 2.45) is 0 Å². The van der Waals surface area contributed by atoms with Gasteiger partial charge >= 0.3 is 0 Å². The minimum absolute atomic E-state index is 0.324. The van der Waals surface area contributed by atoms with Crippen LogP contribution in [0.4, 0.5) is 4.39 Å². The van der Waals surface area contributed by atoms with Crippen LogP contribution >= 0.6 is 34.7 Å². The van der Waals surface area contributed by atoms with Gasteiger partial charge in [-0.2, -0.15) is 0 Å². The number of benzene rings is 1. The first-order valence-corrected chi connectivity index (χ1v) is 9.72. The Morgan fingerprint density at radius 1 is 1.21 bits per heavy atom. The molecule has 122 valence electrons. The molecule has 0 N–H and O–H groups in total. The van der Waals surface area contributed by atoms with Crippen LogP contribution in [-0.4, -0.2) is 14.6 Å². The van der Waals surface area contributed by atoms with E-state index in [9.17, 15) is 4.39 Å². The minimum Gasteiger partial charge on any atom is -0.293 e. The van der Waals surface area contributed by atoms with Gasteiger partial charge in [0.2, 0.25) is 0 Å². The molecule has 4 aromatic rings. The van der Waals surface area contributed by atoms with E-state index in [4.69, 9.17) is 11.6 Å². The van der Waals surface area contributed by atoms with E-state index in [1.807, 2.05) is 0 Å². The number of thioether (sulfide) groups is 1. The summed E-state index contributed by atoms with van der Waals surface area (Å²) in [7, 11) is 0. The van der Waals surface area contributed by atoms with Crippen LogP contribution in [0.3, 0.4) is 0 Å². The predicted octanol–water partition coefficient (Wildman–Crippen LogP) is 5.59. The maximum Gasteiger partial charge on any atom is 0.143 e. The fraction of sp³-hybridized carbons (Fsp3) is 0.176. The molecule has 0 saturated heterocycles. The largest absolute Gasteiger partial charge is 0.293 e. The second kappa shape index (κ2) is 6.35. The smallest absolute Gasteiger partial charge is 0.143 e. The Balaban J connectivity index is 1.74. The van der Waals surface area contributed by atoms with Gasteiger partial charge in [-0.15, -0.1) is 21.5 Å². The normalized spacial score (nSPS) is 11.6. The molecular weight excluding hydrogens is 365 g/mol. The molecule has 0 radical (unpaired) electrons. The Bertz CT molecular complexity index is 1040. The van der Waals surface area contributed by atoms with E-state index in [-0.39, 0.29) is 5.82 Å². The number of fused-ring (bicyclic) bond motifs is 3. The first-order valence-electron chi connectivity index (χ1n) is 7.48. The summed E-state index contributed by atoms with van der Waals surface area (Å²) in [5.74, 6) is 1.24. The van der Waals surface area contributed by atoms with E-state index in [1.165, 1.54) is 22.3 Å². The lowest BCUT2D eigenvalue weighted by Gasteiger charge is -2.08. The van der Waals surface area contributed by atoms with Crippen LogP contribution in [0.2, 0.25) is 5.02 Å². The Hall–Kier alpha value is -1.63. The number of halogens is 2.